The molecule has 1 aromatic heterocycles. The quantitative estimate of drug-likeness (QED) is 0.0328. The number of nitrogens with zero attached hydrogens (tertiary/aromatic N) is 2. The van der Waals surface area contributed by atoms with Gasteiger partial charge in [0.15, 0.2) is 23.0 Å². The summed E-state index contributed by atoms with van der Waals surface area (Å²) in [4.78, 5) is 0. The lowest BCUT2D eigenvalue weighted by atomic mass is 9.65. The third kappa shape index (κ3) is 16.0. The predicted molar refractivity (Wildman–Crippen MR) is 445 cm³/mol. The molecular formula is C102H94N2O5. The van der Waals surface area contributed by atoms with Crippen LogP contribution in [0.1, 0.15) is 194 Å². The van der Waals surface area contributed by atoms with Gasteiger partial charge in [-0.1, -0.05) is 260 Å². The number of fused-ring (bicyclic) bond motifs is 6. The molecule has 2 unspecified atom stereocenters. The highest BCUT2D eigenvalue weighted by Gasteiger charge is 2.49. The van der Waals surface area contributed by atoms with E-state index in [0.717, 1.165) is 126 Å². The summed E-state index contributed by atoms with van der Waals surface area (Å²) in [5.41, 5.74) is 24.9. The van der Waals surface area contributed by atoms with Gasteiger partial charge in [-0.05, 0) is 238 Å². The van der Waals surface area contributed by atoms with Gasteiger partial charge in [-0.25, -0.2) is 0 Å². The van der Waals surface area contributed by atoms with E-state index in [1.807, 2.05) is 18.2 Å². The minimum absolute atomic E-state index is 0.322. The maximum Gasteiger partial charge on any atom is 0.248 e. The highest BCUT2D eigenvalue weighted by atomic mass is 16.5. The van der Waals surface area contributed by atoms with Crippen molar-refractivity contribution >= 4 is 0 Å². The van der Waals surface area contributed by atoms with E-state index in [1.165, 1.54) is 122 Å². The van der Waals surface area contributed by atoms with Crippen molar-refractivity contribution in [2.45, 2.75) is 169 Å². The van der Waals surface area contributed by atoms with E-state index in [4.69, 9.17) is 46.4 Å². The minimum atomic E-state index is -0.858. The highest BCUT2D eigenvalue weighted by Crippen LogP contribution is 2.60. The van der Waals surface area contributed by atoms with Crippen molar-refractivity contribution in [2.24, 2.45) is 0 Å². The summed E-state index contributed by atoms with van der Waals surface area (Å²) in [7, 11) is 0. The van der Waals surface area contributed by atoms with Gasteiger partial charge in [0.05, 0.1) is 24.0 Å². The Morgan fingerprint density at radius 2 is 0.780 bits per heavy atom. The van der Waals surface area contributed by atoms with Crippen LogP contribution in [0.3, 0.4) is 0 Å². The molecule has 1 heterocycles. The molecule has 2 aliphatic carbocycles. The van der Waals surface area contributed by atoms with Crippen LogP contribution < -0.4 is 18.9 Å². The van der Waals surface area contributed by atoms with E-state index in [2.05, 4.69) is 291 Å². The van der Waals surface area contributed by atoms with Crippen molar-refractivity contribution in [2.75, 3.05) is 13.2 Å². The fraction of sp³-hybridized carbons (Fsp3) is 0.275. The fourth-order valence-corrected chi connectivity index (χ4v) is 16.3. The second-order valence-corrected chi connectivity index (χ2v) is 29.2. The molecule has 13 rings (SSSR count). The molecule has 542 valence electrons. The van der Waals surface area contributed by atoms with Crippen molar-refractivity contribution in [3.8, 4) is 163 Å². The fourth-order valence-electron chi connectivity index (χ4n) is 16.3. The molecule has 0 fully saturated rings. The van der Waals surface area contributed by atoms with Crippen molar-refractivity contribution < 1.29 is 23.4 Å². The second kappa shape index (κ2) is 35.1. The number of rotatable bonds is 30. The summed E-state index contributed by atoms with van der Waals surface area (Å²) in [6, 6.07) is 70.7. The summed E-state index contributed by atoms with van der Waals surface area (Å²) < 4.78 is 32.6. The molecule has 0 saturated carbocycles. The molecule has 0 N–H and O–H groups in total. The number of aryl methyl sites for hydroxylation is 6. The van der Waals surface area contributed by atoms with Crippen LogP contribution in [-0.4, -0.2) is 23.4 Å². The number of benzene rings is 10. The molecule has 0 radical (unpaired) electrons. The molecule has 2 atom stereocenters. The van der Waals surface area contributed by atoms with Crippen LogP contribution in [0.4, 0.5) is 0 Å². The highest BCUT2D eigenvalue weighted by molar-refractivity contribution is 5.91. The molecule has 0 bridgehead atoms. The lowest BCUT2D eigenvalue weighted by molar-refractivity contribution is 0.258. The van der Waals surface area contributed by atoms with Crippen LogP contribution in [0.15, 0.2) is 199 Å². The lowest BCUT2D eigenvalue weighted by Crippen LogP contribution is -2.30. The van der Waals surface area contributed by atoms with Gasteiger partial charge >= 0.3 is 0 Å². The second-order valence-electron chi connectivity index (χ2n) is 29.2. The number of terminal acetylenes is 2. The first-order valence-electron chi connectivity index (χ1n) is 38.9. The average Bonchev–Trinajstić information content (AvgIpc) is 1.55. The van der Waals surface area contributed by atoms with Crippen LogP contribution >= 0.6 is 0 Å². The SMILES string of the molecule is C#CC#CC#COc1ccc(C2(c3ccccc3)c3cc(C)ccc3-c3ccc(-c4cc(-c5nnc(-c6ccc(-c7ccc8c(c7)C(c7ccc(OCCCCCCCCCC)c(OCCCCCCCCCC)c7)(c7cc(C)ccc7C)c7cc(C)ccc7-8)cc6C)o5)ccc4C)cc32)cc1OC#CC#CC#C. The van der Waals surface area contributed by atoms with Gasteiger partial charge in [0.25, 0.3) is 0 Å². The predicted octanol–water partition coefficient (Wildman–Crippen LogP) is 24.3. The first-order valence-corrected chi connectivity index (χ1v) is 38.9. The standard InChI is InChI=1S/C102H94N2O5/c1-11-15-19-23-25-27-29-36-59-106-96-57-50-83(70-98(96)108-61-37-30-28-26-24-20-16-12-2)102(90-62-71(5)40-43-75(90)9)92-64-73(7)42-52-86(92)88-54-47-78(67-94(88)102)77-46-53-84(76(10)65-77)100-104-103-99(109-100)80-45-44-74(8)89(66-80)79-48-55-87-85-51-41-72(6)63-91(85)101(93(87)68-79,81-38-32-31-33-39-81)82-49-56-95(105-58-34-21-17-13-3)97(69-82)107-60-35-22-18-14-4/h3-4,31-33,38-57,62-70H,11-12,15-16,19-20,23-30,36-37,59,61H2,1-2,5-10H3. The monoisotopic (exact) mass is 1430 g/mol. The Bertz CT molecular complexity index is 5530. The Labute approximate surface area is 646 Å². The molecule has 10 aromatic carbocycles. The molecule has 0 amide bonds. The van der Waals surface area contributed by atoms with Crippen molar-refractivity contribution in [1.29, 1.82) is 0 Å². The number of hydrogen-bond donors (Lipinski definition) is 0. The molecular weight excluding hydrogens is 1330 g/mol. The van der Waals surface area contributed by atoms with E-state index in [9.17, 15) is 0 Å². The normalized spacial score (nSPS) is 13.9. The Kier molecular flexibility index (Phi) is 24.2. The Morgan fingerprint density at radius 1 is 0.321 bits per heavy atom. The number of unbranched alkanes of at least 4 members (excludes halogenated alkanes) is 14. The van der Waals surface area contributed by atoms with Crippen LogP contribution in [0.2, 0.25) is 0 Å². The third-order valence-electron chi connectivity index (χ3n) is 21.7. The smallest absolute Gasteiger partial charge is 0.248 e. The molecule has 109 heavy (non-hydrogen) atoms. The Hall–Kier alpha value is -12.1. The van der Waals surface area contributed by atoms with Gasteiger partial charge in [-0.15, -0.1) is 23.0 Å². The Balaban J connectivity index is 0.838. The third-order valence-corrected chi connectivity index (χ3v) is 21.7. The first-order chi connectivity index (χ1) is 53.4. The summed E-state index contributed by atoms with van der Waals surface area (Å²) in [5.74, 6) is 23.3. The van der Waals surface area contributed by atoms with Gasteiger partial charge in [0.2, 0.25) is 11.8 Å². The molecule has 0 saturated heterocycles. The van der Waals surface area contributed by atoms with Crippen molar-refractivity contribution in [3.05, 3.63) is 272 Å². The molecule has 7 heteroatoms. The van der Waals surface area contributed by atoms with Gasteiger partial charge in [0.1, 0.15) is 12.2 Å². The van der Waals surface area contributed by atoms with E-state index in [0.29, 0.717) is 36.5 Å². The first kappa shape index (κ1) is 75.1. The van der Waals surface area contributed by atoms with Crippen LogP contribution in [0, 0.1) is 114 Å². The van der Waals surface area contributed by atoms with Gasteiger partial charge in [-0.2, -0.15) is 0 Å². The molecule has 2 aliphatic rings. The number of ether oxygens (including phenoxy) is 4. The summed E-state index contributed by atoms with van der Waals surface area (Å²) in [5, 5.41) is 9.53. The van der Waals surface area contributed by atoms with Gasteiger partial charge < -0.3 is 23.4 Å². The lowest BCUT2D eigenvalue weighted by Gasteiger charge is -2.36. The van der Waals surface area contributed by atoms with Crippen LogP contribution in [-0.2, 0) is 10.8 Å². The largest absolute Gasteiger partial charge is 0.490 e. The average molecular weight is 1430 g/mol. The summed E-state index contributed by atoms with van der Waals surface area (Å²) in [6.07, 6.45) is 35.9. The molecule has 7 nitrogen and oxygen atoms in total. The van der Waals surface area contributed by atoms with Gasteiger partial charge in [0, 0.05) is 34.8 Å². The van der Waals surface area contributed by atoms with Crippen molar-refractivity contribution in [1.82, 2.24) is 10.2 Å². The maximum absolute atomic E-state index is 6.99. The summed E-state index contributed by atoms with van der Waals surface area (Å²) >= 11 is 0. The van der Waals surface area contributed by atoms with Crippen LogP contribution in [0.5, 0.6) is 23.0 Å². The number of aromatic nitrogens is 2. The van der Waals surface area contributed by atoms with Gasteiger partial charge in [-0.3, -0.25) is 0 Å². The Morgan fingerprint density at radius 3 is 1.39 bits per heavy atom. The van der Waals surface area contributed by atoms with E-state index >= 15 is 0 Å². The van der Waals surface area contributed by atoms with Crippen molar-refractivity contribution in [3.63, 3.8) is 0 Å². The van der Waals surface area contributed by atoms with E-state index < -0.39 is 10.8 Å². The zero-order valence-corrected chi connectivity index (χ0v) is 64.3. The summed E-state index contributed by atoms with van der Waals surface area (Å²) in [6.45, 7) is 19.0. The maximum atomic E-state index is 6.99. The molecule has 0 aliphatic heterocycles. The minimum Gasteiger partial charge on any atom is -0.490 e. The molecule has 0 spiro atoms. The zero-order chi connectivity index (χ0) is 75.7. The number of hydrogen-bond acceptors (Lipinski definition) is 7. The molecule has 11 aromatic rings. The van der Waals surface area contributed by atoms with Crippen LogP contribution in [0.25, 0.3) is 67.4 Å². The zero-order valence-electron chi connectivity index (χ0n) is 64.3. The topological polar surface area (TPSA) is 75.8 Å². The van der Waals surface area contributed by atoms with E-state index in [1.54, 1.807) is 0 Å². The van der Waals surface area contributed by atoms with E-state index in [-0.39, 0.29) is 0 Å².